The average molecular weight is 551 g/mol. The van der Waals surface area contributed by atoms with Crippen molar-refractivity contribution in [2.75, 3.05) is 27.4 Å². The van der Waals surface area contributed by atoms with E-state index in [0.29, 0.717) is 38.9 Å². The number of carbonyl (C=O) groups is 3. The van der Waals surface area contributed by atoms with Gasteiger partial charge in [0.2, 0.25) is 0 Å². The van der Waals surface area contributed by atoms with Gasteiger partial charge in [-0.25, -0.2) is 4.79 Å². The van der Waals surface area contributed by atoms with Crippen molar-refractivity contribution in [2.24, 2.45) is 0 Å². The maximum absolute atomic E-state index is 13.4. The minimum atomic E-state index is -0.983. The van der Waals surface area contributed by atoms with Crippen LogP contribution < -0.4 is 32.7 Å². The summed E-state index contributed by atoms with van der Waals surface area (Å²) in [7, 11) is 0. The maximum Gasteiger partial charge on any atom is 0.320 e. The van der Waals surface area contributed by atoms with Gasteiger partial charge in [0.25, 0.3) is 11.8 Å². The van der Waals surface area contributed by atoms with Gasteiger partial charge in [-0.15, -0.1) is 11.3 Å². The van der Waals surface area contributed by atoms with Gasteiger partial charge in [0.05, 0.1) is 27.6 Å². The summed E-state index contributed by atoms with van der Waals surface area (Å²) in [6.45, 7) is 0. The molecule has 4 amide bonds. The van der Waals surface area contributed by atoms with E-state index in [9.17, 15) is 14.4 Å². The molecule has 0 unspecified atom stereocenters. The zero-order valence-corrected chi connectivity index (χ0v) is 22.0. The van der Waals surface area contributed by atoms with Crippen LogP contribution in [0.1, 0.15) is 21.3 Å². The molecule has 0 aliphatic heterocycles. The van der Waals surface area contributed by atoms with Crippen molar-refractivity contribution in [2.45, 2.75) is 6.04 Å². The van der Waals surface area contributed by atoms with Crippen molar-refractivity contribution in [3.63, 3.8) is 0 Å². The van der Waals surface area contributed by atoms with Crippen LogP contribution in [0.15, 0.2) is 103 Å². The van der Waals surface area contributed by atoms with Crippen LogP contribution in [0.4, 0.5) is 33.2 Å². The van der Waals surface area contributed by atoms with Crippen molar-refractivity contribution in [1.29, 1.82) is 0 Å². The maximum atomic E-state index is 13.4. The molecule has 0 spiro atoms. The number of hydrogen-bond acceptors (Lipinski definition) is 6. The standard InChI is InChI=1S/C30H26N6O3S/c31-21-10-4-6-12-23(21)34-28(37)26-16-19-14-15-20(17-25(19)40-26)33-29(38)27(18-8-2-1-3-9-18)36-30(39)35-24-13-7-5-11-22(24)32/h1-17,27H,31-32H2,(H,33,38)(H,34,37)(H2,35,36,39)/t27-/m1/s1. The van der Waals surface area contributed by atoms with Gasteiger partial charge in [-0.1, -0.05) is 60.7 Å². The number of carbonyl (C=O) groups excluding carboxylic acids is 3. The summed E-state index contributed by atoms with van der Waals surface area (Å²) >= 11 is 1.29. The van der Waals surface area contributed by atoms with E-state index in [1.54, 1.807) is 91.0 Å². The number of anilines is 5. The number of rotatable bonds is 7. The molecule has 8 N–H and O–H groups in total. The van der Waals surface area contributed by atoms with Crippen LogP contribution in [0.2, 0.25) is 0 Å². The van der Waals surface area contributed by atoms with Gasteiger partial charge in [0.15, 0.2) is 0 Å². The van der Waals surface area contributed by atoms with Gasteiger partial charge in [0, 0.05) is 10.4 Å². The number of nitrogens with two attached hydrogens (primary N) is 2. The summed E-state index contributed by atoms with van der Waals surface area (Å²) in [6.07, 6.45) is 0. The third-order valence-corrected chi connectivity index (χ3v) is 7.20. The fraction of sp³-hybridized carbons (Fsp3) is 0.0333. The molecule has 0 aliphatic rings. The summed E-state index contributed by atoms with van der Waals surface area (Å²) in [5.74, 6) is -0.709. The Hall–Kier alpha value is -5.35. The molecular formula is C30H26N6O3S. The lowest BCUT2D eigenvalue weighted by molar-refractivity contribution is -0.118. The molecule has 9 nitrogen and oxygen atoms in total. The Balaban J connectivity index is 1.32. The zero-order valence-electron chi connectivity index (χ0n) is 21.2. The van der Waals surface area contributed by atoms with E-state index < -0.39 is 18.0 Å². The Morgan fingerprint density at radius 3 is 1.98 bits per heavy atom. The van der Waals surface area contributed by atoms with E-state index in [1.807, 2.05) is 12.1 Å². The van der Waals surface area contributed by atoms with Gasteiger partial charge >= 0.3 is 6.03 Å². The summed E-state index contributed by atoms with van der Waals surface area (Å²) in [4.78, 5) is 39.5. The monoisotopic (exact) mass is 550 g/mol. The molecule has 0 aliphatic carbocycles. The Bertz CT molecular complexity index is 1700. The number of benzene rings is 4. The van der Waals surface area contributed by atoms with Crippen LogP contribution >= 0.6 is 11.3 Å². The molecule has 5 rings (SSSR count). The number of amides is 4. The molecule has 200 valence electrons. The van der Waals surface area contributed by atoms with E-state index in [4.69, 9.17) is 11.5 Å². The van der Waals surface area contributed by atoms with E-state index >= 15 is 0 Å². The Labute approximate surface area is 234 Å². The molecule has 0 radical (unpaired) electrons. The molecule has 1 aromatic heterocycles. The molecule has 0 saturated heterocycles. The number of para-hydroxylation sites is 4. The van der Waals surface area contributed by atoms with Crippen molar-refractivity contribution in [1.82, 2.24) is 5.32 Å². The number of fused-ring (bicyclic) bond motifs is 1. The Morgan fingerprint density at radius 2 is 1.30 bits per heavy atom. The highest BCUT2D eigenvalue weighted by molar-refractivity contribution is 7.21. The van der Waals surface area contributed by atoms with Crippen molar-refractivity contribution in [3.05, 3.63) is 114 Å². The summed E-state index contributed by atoms with van der Waals surface area (Å²) in [6, 6.07) is 28.4. The van der Waals surface area contributed by atoms with E-state index in [1.165, 1.54) is 11.3 Å². The molecule has 0 saturated carbocycles. The van der Waals surface area contributed by atoms with Gasteiger partial charge < -0.3 is 32.7 Å². The molecule has 10 heteroatoms. The van der Waals surface area contributed by atoms with E-state index in [0.717, 1.165) is 10.1 Å². The smallest absolute Gasteiger partial charge is 0.320 e. The minimum Gasteiger partial charge on any atom is -0.397 e. The first-order valence-corrected chi connectivity index (χ1v) is 13.2. The Morgan fingerprint density at radius 1 is 0.675 bits per heavy atom. The molecular weight excluding hydrogens is 524 g/mol. The number of urea groups is 1. The van der Waals surface area contributed by atoms with Crippen LogP contribution in [0.25, 0.3) is 10.1 Å². The first-order chi connectivity index (χ1) is 19.4. The van der Waals surface area contributed by atoms with Crippen LogP contribution in [-0.2, 0) is 4.79 Å². The highest BCUT2D eigenvalue weighted by atomic mass is 32.1. The normalized spacial score (nSPS) is 11.4. The highest BCUT2D eigenvalue weighted by Gasteiger charge is 2.23. The lowest BCUT2D eigenvalue weighted by Gasteiger charge is -2.20. The third-order valence-electron chi connectivity index (χ3n) is 6.10. The highest BCUT2D eigenvalue weighted by Crippen LogP contribution is 2.30. The van der Waals surface area contributed by atoms with E-state index in [-0.39, 0.29) is 5.91 Å². The van der Waals surface area contributed by atoms with Gasteiger partial charge in [-0.2, -0.15) is 0 Å². The van der Waals surface area contributed by atoms with Gasteiger partial charge in [-0.05, 0) is 53.4 Å². The second-order valence-corrected chi connectivity index (χ2v) is 10.0. The predicted molar refractivity (Wildman–Crippen MR) is 161 cm³/mol. The van der Waals surface area contributed by atoms with Crippen LogP contribution in [-0.4, -0.2) is 17.8 Å². The lowest BCUT2D eigenvalue weighted by Crippen LogP contribution is -2.39. The van der Waals surface area contributed by atoms with Crippen molar-refractivity contribution in [3.8, 4) is 0 Å². The number of nitrogens with one attached hydrogen (secondary N) is 4. The molecule has 4 aromatic carbocycles. The Kier molecular flexibility index (Phi) is 7.61. The largest absolute Gasteiger partial charge is 0.397 e. The number of hydrogen-bond donors (Lipinski definition) is 6. The number of thiophene rings is 1. The number of nitrogen functional groups attached to an aromatic ring is 2. The molecule has 1 heterocycles. The summed E-state index contributed by atoms with van der Waals surface area (Å²) < 4.78 is 0.811. The first kappa shape index (κ1) is 26.3. The molecule has 1 atom stereocenters. The van der Waals surface area contributed by atoms with Gasteiger partial charge in [0.1, 0.15) is 6.04 Å². The van der Waals surface area contributed by atoms with E-state index in [2.05, 4.69) is 21.3 Å². The van der Waals surface area contributed by atoms with Gasteiger partial charge in [-0.3, -0.25) is 9.59 Å². The van der Waals surface area contributed by atoms with Crippen molar-refractivity contribution >= 4 is 67.7 Å². The summed E-state index contributed by atoms with van der Waals surface area (Å²) in [5, 5.41) is 12.0. The van der Waals surface area contributed by atoms with Crippen LogP contribution in [0, 0.1) is 0 Å². The fourth-order valence-corrected chi connectivity index (χ4v) is 5.07. The molecule has 0 bridgehead atoms. The first-order valence-electron chi connectivity index (χ1n) is 12.3. The van der Waals surface area contributed by atoms with Crippen molar-refractivity contribution < 1.29 is 14.4 Å². The molecule has 40 heavy (non-hydrogen) atoms. The third kappa shape index (κ3) is 6.03. The topological polar surface area (TPSA) is 151 Å². The quantitative estimate of drug-likeness (QED) is 0.141. The molecule has 0 fully saturated rings. The van der Waals surface area contributed by atoms with Crippen LogP contribution in [0.5, 0.6) is 0 Å². The summed E-state index contributed by atoms with van der Waals surface area (Å²) in [5.41, 5.74) is 14.9. The zero-order chi connectivity index (χ0) is 28.1. The second-order valence-electron chi connectivity index (χ2n) is 8.92. The SMILES string of the molecule is Nc1ccccc1NC(=O)N[C@@H](C(=O)Nc1ccc2cc(C(=O)Nc3ccccc3N)sc2c1)c1ccccc1. The lowest BCUT2D eigenvalue weighted by atomic mass is 10.1. The molecule has 5 aromatic rings. The van der Waals surface area contributed by atoms with Crippen LogP contribution in [0.3, 0.4) is 0 Å². The average Bonchev–Trinajstić information content (AvgIpc) is 3.38. The predicted octanol–water partition coefficient (Wildman–Crippen LogP) is 5.82. The second kappa shape index (κ2) is 11.6. The fourth-order valence-electron chi connectivity index (χ4n) is 4.08. The minimum absolute atomic E-state index is 0.275.